The van der Waals surface area contributed by atoms with Crippen LogP contribution in [0.25, 0.3) is 5.69 Å². The molecule has 0 aliphatic rings. The molecule has 2 rings (SSSR count). The summed E-state index contributed by atoms with van der Waals surface area (Å²) in [7, 11) is 0. The Morgan fingerprint density at radius 2 is 2.23 bits per heavy atom. The van der Waals surface area contributed by atoms with E-state index in [1.165, 1.54) is 0 Å². The van der Waals surface area contributed by atoms with E-state index in [9.17, 15) is 5.11 Å². The molecule has 0 fully saturated rings. The largest absolute Gasteiger partial charge is 0.508 e. The number of hydrogen-bond donors (Lipinski definition) is 1. The fourth-order valence-electron chi connectivity index (χ4n) is 1.16. The molecule has 1 heterocycles. The van der Waals surface area contributed by atoms with Crippen molar-refractivity contribution >= 4 is 0 Å². The van der Waals surface area contributed by atoms with E-state index in [0.717, 1.165) is 11.3 Å². The molecule has 13 heavy (non-hydrogen) atoms. The first-order valence-corrected chi connectivity index (χ1v) is 4.07. The second kappa shape index (κ2) is 2.94. The Labute approximate surface area is 76.3 Å². The van der Waals surface area contributed by atoms with Gasteiger partial charge in [0.25, 0.3) is 0 Å². The molecule has 0 saturated heterocycles. The molecule has 2 aromatic rings. The van der Waals surface area contributed by atoms with Gasteiger partial charge in [-0.05, 0) is 24.6 Å². The van der Waals surface area contributed by atoms with Crippen LogP contribution in [-0.4, -0.2) is 14.9 Å². The lowest BCUT2D eigenvalue weighted by Gasteiger charge is -2.03. The van der Waals surface area contributed by atoms with Crippen molar-refractivity contribution in [3.8, 4) is 11.4 Å². The minimum Gasteiger partial charge on any atom is -0.508 e. The molecule has 0 saturated carbocycles. The van der Waals surface area contributed by atoms with E-state index >= 15 is 0 Å². The first-order chi connectivity index (χ1) is 6.27. The summed E-state index contributed by atoms with van der Waals surface area (Å²) < 4.78 is 1.71. The summed E-state index contributed by atoms with van der Waals surface area (Å²) in [5.74, 6) is 0.299. The number of hydrogen-bond acceptors (Lipinski definition) is 2. The van der Waals surface area contributed by atoms with Crippen LogP contribution in [0.4, 0.5) is 0 Å². The van der Waals surface area contributed by atoms with Gasteiger partial charge in [-0.2, -0.15) is 5.10 Å². The molecule has 1 aromatic heterocycles. The predicted molar refractivity (Wildman–Crippen MR) is 50.0 cm³/mol. The van der Waals surface area contributed by atoms with Crippen molar-refractivity contribution in [3.05, 3.63) is 42.2 Å². The third-order valence-corrected chi connectivity index (χ3v) is 1.96. The molecule has 0 amide bonds. The number of phenolic OH excluding ortho intramolecular Hbond substituents is 1. The number of nitrogens with zero attached hydrogens (tertiary/aromatic N) is 2. The van der Waals surface area contributed by atoms with Crippen molar-refractivity contribution in [2.45, 2.75) is 6.92 Å². The highest BCUT2D eigenvalue weighted by Gasteiger charge is 1.99. The van der Waals surface area contributed by atoms with Crippen LogP contribution in [0.3, 0.4) is 0 Å². The average molecular weight is 174 g/mol. The molecule has 0 aliphatic heterocycles. The molecule has 1 aromatic carbocycles. The molecule has 0 atom stereocenters. The number of aromatic nitrogens is 2. The van der Waals surface area contributed by atoms with Gasteiger partial charge in [0.15, 0.2) is 0 Å². The van der Waals surface area contributed by atoms with Crippen molar-refractivity contribution in [1.82, 2.24) is 9.78 Å². The number of aryl methyl sites for hydroxylation is 1. The first kappa shape index (κ1) is 7.86. The number of rotatable bonds is 1. The second-order valence-corrected chi connectivity index (χ2v) is 2.92. The Kier molecular flexibility index (Phi) is 1.77. The maximum absolute atomic E-state index is 9.46. The third-order valence-electron chi connectivity index (χ3n) is 1.96. The summed E-state index contributed by atoms with van der Waals surface area (Å²) in [5.41, 5.74) is 1.74. The van der Waals surface area contributed by atoms with E-state index in [1.807, 2.05) is 31.3 Å². The maximum Gasteiger partial charge on any atom is 0.120 e. The van der Waals surface area contributed by atoms with Gasteiger partial charge in [-0.1, -0.05) is 6.07 Å². The zero-order valence-corrected chi connectivity index (χ0v) is 7.31. The van der Waals surface area contributed by atoms with Crippen LogP contribution in [-0.2, 0) is 0 Å². The van der Waals surface area contributed by atoms with E-state index in [-0.39, 0.29) is 0 Å². The van der Waals surface area contributed by atoms with Gasteiger partial charge in [-0.15, -0.1) is 0 Å². The van der Waals surface area contributed by atoms with Gasteiger partial charge >= 0.3 is 0 Å². The summed E-state index contributed by atoms with van der Waals surface area (Å²) in [5, 5.41) is 13.5. The quantitative estimate of drug-likeness (QED) is 0.716. The van der Waals surface area contributed by atoms with Crippen LogP contribution < -0.4 is 0 Å². The second-order valence-electron chi connectivity index (χ2n) is 2.92. The standard InChI is InChI=1S/C10H10N2O/c1-8-3-4-9(7-10(8)13)12-6-2-5-11-12/h2-7,13H,1H3. The van der Waals surface area contributed by atoms with Gasteiger partial charge in [0.1, 0.15) is 5.75 Å². The number of benzene rings is 1. The molecule has 0 unspecified atom stereocenters. The zero-order valence-electron chi connectivity index (χ0n) is 7.31. The lowest BCUT2D eigenvalue weighted by molar-refractivity contribution is 0.470. The molecule has 1 N–H and O–H groups in total. The molecule has 0 bridgehead atoms. The number of aromatic hydroxyl groups is 1. The van der Waals surface area contributed by atoms with Crippen molar-refractivity contribution < 1.29 is 5.11 Å². The summed E-state index contributed by atoms with van der Waals surface area (Å²) in [6.07, 6.45) is 3.54. The monoisotopic (exact) mass is 174 g/mol. The average Bonchev–Trinajstić information content (AvgIpc) is 2.62. The van der Waals surface area contributed by atoms with Crippen molar-refractivity contribution in [3.63, 3.8) is 0 Å². The lowest BCUT2D eigenvalue weighted by Crippen LogP contribution is -1.93. The highest BCUT2D eigenvalue weighted by molar-refractivity contribution is 5.42. The SMILES string of the molecule is Cc1ccc(-n2cccn2)cc1O. The highest BCUT2D eigenvalue weighted by atomic mass is 16.3. The van der Waals surface area contributed by atoms with Gasteiger partial charge in [0, 0.05) is 18.5 Å². The number of phenols is 1. The Morgan fingerprint density at radius 1 is 1.38 bits per heavy atom. The zero-order chi connectivity index (χ0) is 9.26. The van der Waals surface area contributed by atoms with Gasteiger partial charge in [-0.25, -0.2) is 4.68 Å². The maximum atomic E-state index is 9.46. The van der Waals surface area contributed by atoms with Crippen molar-refractivity contribution in [1.29, 1.82) is 0 Å². The van der Waals surface area contributed by atoms with Gasteiger partial charge in [0.05, 0.1) is 5.69 Å². The van der Waals surface area contributed by atoms with E-state index in [2.05, 4.69) is 5.10 Å². The van der Waals surface area contributed by atoms with Crippen LogP contribution in [0.2, 0.25) is 0 Å². The molecule has 0 aliphatic carbocycles. The summed E-state index contributed by atoms with van der Waals surface area (Å²) >= 11 is 0. The molecule has 3 nitrogen and oxygen atoms in total. The van der Waals surface area contributed by atoms with Gasteiger partial charge in [0.2, 0.25) is 0 Å². The van der Waals surface area contributed by atoms with Crippen molar-refractivity contribution in [2.75, 3.05) is 0 Å². The first-order valence-electron chi connectivity index (χ1n) is 4.07. The van der Waals surface area contributed by atoms with E-state index < -0.39 is 0 Å². The highest BCUT2D eigenvalue weighted by Crippen LogP contribution is 2.19. The van der Waals surface area contributed by atoms with Crippen molar-refractivity contribution in [2.24, 2.45) is 0 Å². The summed E-state index contributed by atoms with van der Waals surface area (Å²) in [6, 6.07) is 7.33. The predicted octanol–water partition coefficient (Wildman–Crippen LogP) is 1.89. The minimum atomic E-state index is 0.299. The smallest absolute Gasteiger partial charge is 0.120 e. The molecule has 0 radical (unpaired) electrons. The Bertz CT molecular complexity index is 407. The van der Waals surface area contributed by atoms with Crippen LogP contribution in [0.1, 0.15) is 5.56 Å². The van der Waals surface area contributed by atoms with Crippen LogP contribution in [0.5, 0.6) is 5.75 Å². The van der Waals surface area contributed by atoms with E-state index in [0.29, 0.717) is 5.75 Å². The van der Waals surface area contributed by atoms with Gasteiger partial charge in [-0.3, -0.25) is 0 Å². The summed E-state index contributed by atoms with van der Waals surface area (Å²) in [6.45, 7) is 1.86. The third kappa shape index (κ3) is 1.40. The minimum absolute atomic E-state index is 0.299. The fourth-order valence-corrected chi connectivity index (χ4v) is 1.16. The molecular formula is C10H10N2O. The Morgan fingerprint density at radius 3 is 2.85 bits per heavy atom. The van der Waals surface area contributed by atoms with Crippen LogP contribution >= 0.6 is 0 Å². The molecular weight excluding hydrogens is 164 g/mol. The Balaban J connectivity index is 2.49. The van der Waals surface area contributed by atoms with Crippen LogP contribution in [0.15, 0.2) is 36.7 Å². The molecule has 66 valence electrons. The Hall–Kier alpha value is -1.77. The summed E-state index contributed by atoms with van der Waals surface area (Å²) in [4.78, 5) is 0. The van der Waals surface area contributed by atoms with Gasteiger partial charge < -0.3 is 5.11 Å². The van der Waals surface area contributed by atoms with E-state index in [1.54, 1.807) is 16.9 Å². The lowest BCUT2D eigenvalue weighted by atomic mass is 10.2. The fraction of sp³-hybridized carbons (Fsp3) is 0.100. The molecule has 0 spiro atoms. The van der Waals surface area contributed by atoms with Crippen LogP contribution in [0, 0.1) is 6.92 Å². The van der Waals surface area contributed by atoms with E-state index in [4.69, 9.17) is 0 Å². The normalized spacial score (nSPS) is 10.2. The topological polar surface area (TPSA) is 38.0 Å². The molecule has 3 heteroatoms.